The molecule has 2 aliphatic heterocycles. The van der Waals surface area contributed by atoms with E-state index < -0.39 is 0 Å². The Morgan fingerprint density at radius 2 is 1.75 bits per heavy atom. The maximum Gasteiger partial charge on any atom is 0.227 e. The molecule has 2 heterocycles. The summed E-state index contributed by atoms with van der Waals surface area (Å²) in [6, 6.07) is 16.6. The Balaban J connectivity index is 1.39. The minimum Gasteiger partial charge on any atom is -0.336 e. The third kappa shape index (κ3) is 3.95. The van der Waals surface area contributed by atoms with Crippen molar-refractivity contribution in [2.75, 3.05) is 23.7 Å². The van der Waals surface area contributed by atoms with Crippen molar-refractivity contribution < 1.29 is 9.59 Å². The molecule has 1 unspecified atom stereocenters. The number of thioether (sulfide) groups is 1. The first-order chi connectivity index (χ1) is 13.6. The van der Waals surface area contributed by atoms with Crippen LogP contribution < -0.4 is 4.90 Å². The minimum atomic E-state index is 0.0483. The number of aryl methyl sites for hydroxylation is 1. The second kappa shape index (κ2) is 8.39. The zero-order chi connectivity index (χ0) is 19.5. The molecule has 0 radical (unpaired) electrons. The third-order valence-electron chi connectivity index (χ3n) is 5.62. The molecule has 0 saturated carbocycles. The lowest BCUT2D eigenvalue weighted by Crippen LogP contribution is -2.37. The normalized spacial score (nSPS) is 18.8. The second-order valence-corrected chi connectivity index (χ2v) is 8.65. The Labute approximate surface area is 170 Å². The van der Waals surface area contributed by atoms with Gasteiger partial charge in [-0.3, -0.25) is 9.59 Å². The van der Waals surface area contributed by atoms with Gasteiger partial charge in [0.25, 0.3) is 0 Å². The monoisotopic (exact) mass is 394 g/mol. The molecule has 5 heteroatoms. The highest BCUT2D eigenvalue weighted by molar-refractivity contribution is 7.99. The van der Waals surface area contributed by atoms with Crippen LogP contribution in [0.15, 0.2) is 53.4 Å². The van der Waals surface area contributed by atoms with Crippen LogP contribution in [0.1, 0.15) is 42.9 Å². The van der Waals surface area contributed by atoms with E-state index >= 15 is 0 Å². The van der Waals surface area contributed by atoms with Gasteiger partial charge in [0.15, 0.2) is 0 Å². The number of rotatable bonds is 4. The van der Waals surface area contributed by atoms with Gasteiger partial charge in [0.05, 0.1) is 11.7 Å². The highest BCUT2D eigenvalue weighted by Crippen LogP contribution is 2.35. The average molecular weight is 395 g/mol. The van der Waals surface area contributed by atoms with Crippen molar-refractivity contribution in [2.24, 2.45) is 0 Å². The van der Waals surface area contributed by atoms with Gasteiger partial charge in [-0.05, 0) is 37.5 Å². The maximum absolute atomic E-state index is 12.9. The van der Waals surface area contributed by atoms with Gasteiger partial charge in [-0.25, -0.2) is 0 Å². The predicted molar refractivity (Wildman–Crippen MR) is 114 cm³/mol. The fourth-order valence-electron chi connectivity index (χ4n) is 4.12. The summed E-state index contributed by atoms with van der Waals surface area (Å²) in [5, 5.41) is 0. The van der Waals surface area contributed by atoms with E-state index in [0.29, 0.717) is 6.54 Å². The van der Waals surface area contributed by atoms with Crippen molar-refractivity contribution in [1.82, 2.24) is 4.90 Å². The molecule has 4 nitrogen and oxygen atoms in total. The zero-order valence-electron chi connectivity index (χ0n) is 16.3. The second-order valence-electron chi connectivity index (χ2n) is 7.52. The lowest BCUT2D eigenvalue weighted by Gasteiger charge is -2.29. The molecular weight excluding hydrogens is 368 g/mol. The Morgan fingerprint density at radius 1 is 1.00 bits per heavy atom. The molecule has 0 spiro atoms. The molecule has 2 amide bonds. The van der Waals surface area contributed by atoms with Gasteiger partial charge in [0, 0.05) is 36.6 Å². The van der Waals surface area contributed by atoms with Crippen LogP contribution in [0.25, 0.3) is 0 Å². The zero-order valence-corrected chi connectivity index (χ0v) is 17.1. The van der Waals surface area contributed by atoms with E-state index in [-0.39, 0.29) is 30.7 Å². The molecule has 0 aliphatic carbocycles. The fourth-order valence-corrected chi connectivity index (χ4v) is 5.12. The van der Waals surface area contributed by atoms with Crippen LogP contribution >= 0.6 is 11.8 Å². The van der Waals surface area contributed by atoms with E-state index in [9.17, 15) is 9.59 Å². The van der Waals surface area contributed by atoms with Gasteiger partial charge >= 0.3 is 0 Å². The molecule has 0 N–H and O–H groups in total. The van der Waals surface area contributed by atoms with Crippen LogP contribution in [0.2, 0.25) is 0 Å². The molecule has 4 rings (SSSR count). The maximum atomic E-state index is 12.9. The molecule has 28 heavy (non-hydrogen) atoms. The number of likely N-dealkylation sites (tertiary alicyclic amines) is 1. The van der Waals surface area contributed by atoms with Crippen LogP contribution in [0.5, 0.6) is 0 Å². The molecule has 0 aromatic heterocycles. The highest BCUT2D eigenvalue weighted by Gasteiger charge is 2.30. The molecule has 0 bridgehead atoms. The van der Waals surface area contributed by atoms with Gasteiger partial charge in [-0.15, -0.1) is 11.8 Å². The first-order valence-electron chi connectivity index (χ1n) is 10.0. The first-order valence-corrected chi connectivity index (χ1v) is 11.0. The van der Waals surface area contributed by atoms with Crippen molar-refractivity contribution in [3.05, 3.63) is 59.7 Å². The quantitative estimate of drug-likeness (QED) is 0.762. The SMILES string of the molecule is Cc1ccc(C2CCCN2C(=O)CCC(=O)N2CCSc3ccccc32)cc1. The molecule has 2 aliphatic rings. The summed E-state index contributed by atoms with van der Waals surface area (Å²) in [5.74, 6) is 1.04. The minimum absolute atomic E-state index is 0.0483. The lowest BCUT2D eigenvalue weighted by atomic mass is 10.0. The summed E-state index contributed by atoms with van der Waals surface area (Å²) in [5.41, 5.74) is 3.41. The van der Waals surface area contributed by atoms with Crippen molar-refractivity contribution in [2.45, 2.75) is 43.5 Å². The van der Waals surface area contributed by atoms with E-state index in [1.54, 1.807) is 11.8 Å². The standard InChI is InChI=1S/C23H26N2O2S/c1-17-8-10-18(11-9-17)19-6-4-14-24(19)22(26)12-13-23(27)25-15-16-28-21-7-3-2-5-20(21)25/h2-3,5,7-11,19H,4,6,12-16H2,1H3. The number of amides is 2. The van der Waals surface area contributed by atoms with Gasteiger partial charge in [0.1, 0.15) is 0 Å². The number of hydrogen-bond acceptors (Lipinski definition) is 3. The Kier molecular flexibility index (Phi) is 5.72. The molecular formula is C23H26N2O2S. The number of hydrogen-bond donors (Lipinski definition) is 0. The molecule has 146 valence electrons. The third-order valence-corrected chi connectivity index (χ3v) is 6.66. The van der Waals surface area contributed by atoms with Gasteiger partial charge < -0.3 is 9.80 Å². The van der Waals surface area contributed by atoms with E-state index in [4.69, 9.17) is 0 Å². The number of carbonyl (C=O) groups excluding carboxylic acids is 2. The Morgan fingerprint density at radius 3 is 2.57 bits per heavy atom. The largest absolute Gasteiger partial charge is 0.336 e. The van der Waals surface area contributed by atoms with Gasteiger partial charge in [-0.1, -0.05) is 42.0 Å². The number of anilines is 1. The van der Waals surface area contributed by atoms with E-state index in [0.717, 1.165) is 35.7 Å². The average Bonchev–Trinajstić information content (AvgIpc) is 3.22. The van der Waals surface area contributed by atoms with Crippen molar-refractivity contribution in [3.63, 3.8) is 0 Å². The van der Waals surface area contributed by atoms with Crippen molar-refractivity contribution in [3.8, 4) is 0 Å². The lowest BCUT2D eigenvalue weighted by molar-refractivity contribution is -0.134. The van der Waals surface area contributed by atoms with E-state index in [1.807, 2.05) is 28.0 Å². The van der Waals surface area contributed by atoms with Crippen LogP contribution in [-0.2, 0) is 9.59 Å². The summed E-state index contributed by atoms with van der Waals surface area (Å²) in [7, 11) is 0. The van der Waals surface area contributed by atoms with E-state index in [2.05, 4.69) is 37.3 Å². The number of carbonyl (C=O) groups is 2. The Bertz CT molecular complexity index is 865. The Hall–Kier alpha value is -2.27. The topological polar surface area (TPSA) is 40.6 Å². The summed E-state index contributed by atoms with van der Waals surface area (Å²) in [4.78, 5) is 30.7. The van der Waals surface area contributed by atoms with Gasteiger partial charge in [0.2, 0.25) is 11.8 Å². The van der Waals surface area contributed by atoms with E-state index in [1.165, 1.54) is 11.1 Å². The smallest absolute Gasteiger partial charge is 0.227 e. The highest BCUT2D eigenvalue weighted by atomic mass is 32.2. The fraction of sp³-hybridized carbons (Fsp3) is 0.391. The van der Waals surface area contributed by atoms with Crippen LogP contribution in [0.3, 0.4) is 0 Å². The summed E-state index contributed by atoms with van der Waals surface area (Å²) >= 11 is 1.78. The first kappa shape index (κ1) is 19.1. The van der Waals surface area contributed by atoms with Gasteiger partial charge in [-0.2, -0.15) is 0 Å². The van der Waals surface area contributed by atoms with Crippen LogP contribution in [-0.4, -0.2) is 35.6 Å². The van der Waals surface area contributed by atoms with Crippen molar-refractivity contribution >= 4 is 29.3 Å². The number of para-hydroxylation sites is 1. The molecule has 1 fully saturated rings. The summed E-state index contributed by atoms with van der Waals surface area (Å²) in [6.45, 7) is 3.57. The van der Waals surface area contributed by atoms with Crippen LogP contribution in [0, 0.1) is 6.92 Å². The number of benzene rings is 2. The summed E-state index contributed by atoms with van der Waals surface area (Å²) < 4.78 is 0. The predicted octanol–water partition coefficient (Wildman–Crippen LogP) is 4.58. The number of nitrogens with zero attached hydrogens (tertiary/aromatic N) is 2. The summed E-state index contributed by atoms with van der Waals surface area (Å²) in [6.07, 6.45) is 2.58. The molecule has 1 saturated heterocycles. The molecule has 2 aromatic rings. The van der Waals surface area contributed by atoms with Crippen LogP contribution in [0.4, 0.5) is 5.69 Å². The number of fused-ring (bicyclic) bond motifs is 1. The molecule has 1 atom stereocenters. The van der Waals surface area contributed by atoms with Crippen molar-refractivity contribution in [1.29, 1.82) is 0 Å². The molecule has 2 aromatic carbocycles.